The molecule has 2 heterocycles. The van der Waals surface area contributed by atoms with E-state index in [0.717, 1.165) is 16.9 Å². The lowest BCUT2D eigenvalue weighted by Gasteiger charge is -2.11. The molecule has 0 bridgehead atoms. The lowest BCUT2D eigenvalue weighted by atomic mass is 10.2. The van der Waals surface area contributed by atoms with E-state index in [0.29, 0.717) is 28.7 Å². The van der Waals surface area contributed by atoms with Gasteiger partial charge in [-0.3, -0.25) is 0 Å². The van der Waals surface area contributed by atoms with Gasteiger partial charge in [-0.1, -0.05) is 35.0 Å². The van der Waals surface area contributed by atoms with Crippen LogP contribution in [0.25, 0.3) is 11.0 Å². The summed E-state index contributed by atoms with van der Waals surface area (Å²) in [7, 11) is 0. The third-order valence-corrected chi connectivity index (χ3v) is 4.35. The van der Waals surface area contributed by atoms with Crippen LogP contribution < -0.4 is 0 Å². The molecule has 0 unspecified atom stereocenters. The van der Waals surface area contributed by atoms with Crippen LogP contribution in [-0.2, 0) is 13.0 Å². The molecule has 0 radical (unpaired) electrons. The Kier molecular flexibility index (Phi) is 3.97. The molecule has 0 saturated heterocycles. The van der Waals surface area contributed by atoms with Crippen molar-refractivity contribution in [2.45, 2.75) is 19.9 Å². The Morgan fingerprint density at radius 2 is 1.96 bits per heavy atom. The highest BCUT2D eigenvalue weighted by molar-refractivity contribution is 6.31. The third kappa shape index (κ3) is 3.00. The van der Waals surface area contributed by atoms with Gasteiger partial charge in [0.1, 0.15) is 11.6 Å². The second kappa shape index (κ2) is 6.29. The Morgan fingerprint density at radius 3 is 2.72 bits per heavy atom. The first-order valence-electron chi connectivity index (χ1n) is 7.78. The van der Waals surface area contributed by atoms with Gasteiger partial charge in [-0.2, -0.15) is 4.98 Å². The highest BCUT2D eigenvalue weighted by Crippen LogP contribution is 2.24. The van der Waals surface area contributed by atoms with Crippen LogP contribution in [-0.4, -0.2) is 19.7 Å². The first kappa shape index (κ1) is 15.8. The van der Waals surface area contributed by atoms with E-state index < -0.39 is 0 Å². The van der Waals surface area contributed by atoms with Crippen molar-refractivity contribution < 1.29 is 8.91 Å². The Bertz CT molecular complexity index is 1040. The van der Waals surface area contributed by atoms with Gasteiger partial charge in [0, 0.05) is 17.5 Å². The summed E-state index contributed by atoms with van der Waals surface area (Å²) in [6.07, 6.45) is 0.387. The van der Waals surface area contributed by atoms with Gasteiger partial charge in [0.05, 0.1) is 24.0 Å². The Balaban J connectivity index is 1.82. The second-order valence-corrected chi connectivity index (χ2v) is 6.12. The summed E-state index contributed by atoms with van der Waals surface area (Å²) in [5, 5.41) is 4.31. The zero-order valence-electron chi connectivity index (χ0n) is 13.4. The van der Waals surface area contributed by atoms with Gasteiger partial charge < -0.3 is 9.09 Å². The van der Waals surface area contributed by atoms with Gasteiger partial charge in [-0.15, -0.1) is 0 Å². The Morgan fingerprint density at radius 1 is 1.12 bits per heavy atom. The standard InChI is InChI=1S/C18H14ClFN4O/c1-11-21-17(23-25-11)9-18-22-15-7-2-3-8-16(15)24(18)10-12-13(19)5-4-6-14(12)20/h2-8H,9-10H2,1H3. The number of hydrogen-bond donors (Lipinski definition) is 0. The number of halogens is 2. The minimum Gasteiger partial charge on any atom is -0.340 e. The maximum absolute atomic E-state index is 14.2. The highest BCUT2D eigenvalue weighted by atomic mass is 35.5. The molecule has 0 atom stereocenters. The van der Waals surface area contributed by atoms with Crippen molar-refractivity contribution in [3.8, 4) is 0 Å². The van der Waals surface area contributed by atoms with Crippen molar-refractivity contribution in [1.82, 2.24) is 19.7 Å². The van der Waals surface area contributed by atoms with Gasteiger partial charge >= 0.3 is 0 Å². The monoisotopic (exact) mass is 356 g/mol. The molecule has 2 aromatic carbocycles. The number of nitrogens with zero attached hydrogens (tertiary/aromatic N) is 4. The van der Waals surface area contributed by atoms with Gasteiger partial charge in [-0.05, 0) is 24.3 Å². The molecular formula is C18H14ClFN4O. The molecule has 0 N–H and O–H groups in total. The zero-order valence-corrected chi connectivity index (χ0v) is 14.2. The van der Waals surface area contributed by atoms with Crippen LogP contribution in [0.1, 0.15) is 23.1 Å². The number of aryl methyl sites for hydroxylation is 1. The van der Waals surface area contributed by atoms with Gasteiger partial charge in [-0.25, -0.2) is 9.37 Å². The summed E-state index contributed by atoms with van der Waals surface area (Å²) >= 11 is 6.20. The molecule has 126 valence electrons. The van der Waals surface area contributed by atoms with E-state index in [4.69, 9.17) is 16.1 Å². The van der Waals surface area contributed by atoms with Crippen LogP contribution >= 0.6 is 11.6 Å². The van der Waals surface area contributed by atoms with E-state index in [1.165, 1.54) is 6.07 Å². The molecule has 25 heavy (non-hydrogen) atoms. The summed E-state index contributed by atoms with van der Waals surface area (Å²) in [4.78, 5) is 8.88. The first-order valence-corrected chi connectivity index (χ1v) is 8.16. The van der Waals surface area contributed by atoms with Crippen LogP contribution in [0.15, 0.2) is 47.0 Å². The number of hydrogen-bond acceptors (Lipinski definition) is 4. The van der Waals surface area contributed by atoms with E-state index >= 15 is 0 Å². The predicted molar refractivity (Wildman–Crippen MR) is 92.1 cm³/mol. The van der Waals surface area contributed by atoms with E-state index in [1.807, 2.05) is 28.8 Å². The number of fused-ring (bicyclic) bond motifs is 1. The number of imidazole rings is 1. The quantitative estimate of drug-likeness (QED) is 0.551. The van der Waals surface area contributed by atoms with E-state index in [9.17, 15) is 4.39 Å². The summed E-state index contributed by atoms with van der Waals surface area (Å²) < 4.78 is 21.2. The summed E-state index contributed by atoms with van der Waals surface area (Å²) in [6, 6.07) is 12.4. The molecule has 4 aromatic rings. The normalized spacial score (nSPS) is 11.3. The molecule has 0 aliphatic carbocycles. The van der Waals surface area contributed by atoms with Crippen molar-refractivity contribution >= 4 is 22.6 Å². The average molecular weight is 357 g/mol. The largest absolute Gasteiger partial charge is 0.340 e. The molecule has 0 fully saturated rings. The molecular weight excluding hydrogens is 343 g/mol. The van der Waals surface area contributed by atoms with Crippen LogP contribution in [0.4, 0.5) is 4.39 Å². The van der Waals surface area contributed by atoms with Crippen LogP contribution in [0.3, 0.4) is 0 Å². The average Bonchev–Trinajstić information content (AvgIpc) is 3.15. The fourth-order valence-corrected chi connectivity index (χ4v) is 3.06. The number of rotatable bonds is 4. The van der Waals surface area contributed by atoms with Gasteiger partial charge in [0.2, 0.25) is 5.89 Å². The molecule has 0 saturated carbocycles. The molecule has 0 spiro atoms. The van der Waals surface area contributed by atoms with Crippen molar-refractivity contribution in [2.24, 2.45) is 0 Å². The summed E-state index contributed by atoms with van der Waals surface area (Å²) in [5.41, 5.74) is 2.15. The Labute approximate surface area is 148 Å². The van der Waals surface area contributed by atoms with E-state index in [1.54, 1.807) is 19.1 Å². The topological polar surface area (TPSA) is 56.7 Å². The third-order valence-electron chi connectivity index (χ3n) is 4.00. The summed E-state index contributed by atoms with van der Waals surface area (Å²) in [5.74, 6) is 1.41. The summed E-state index contributed by atoms with van der Waals surface area (Å²) in [6.45, 7) is 2.01. The fourth-order valence-electron chi connectivity index (χ4n) is 2.83. The van der Waals surface area contributed by atoms with Crippen molar-refractivity contribution in [2.75, 3.05) is 0 Å². The minimum absolute atomic E-state index is 0.276. The first-order chi connectivity index (χ1) is 12.1. The van der Waals surface area contributed by atoms with E-state index in [2.05, 4.69) is 15.1 Å². The fraction of sp³-hybridized carbons (Fsp3) is 0.167. The smallest absolute Gasteiger partial charge is 0.223 e. The maximum atomic E-state index is 14.2. The van der Waals surface area contributed by atoms with Gasteiger partial charge in [0.25, 0.3) is 0 Å². The van der Waals surface area contributed by atoms with Crippen LogP contribution in [0.2, 0.25) is 5.02 Å². The van der Waals surface area contributed by atoms with Crippen LogP contribution in [0, 0.1) is 12.7 Å². The molecule has 0 amide bonds. The van der Waals surface area contributed by atoms with Crippen molar-refractivity contribution in [3.05, 3.63) is 76.4 Å². The van der Waals surface area contributed by atoms with E-state index in [-0.39, 0.29) is 12.4 Å². The van der Waals surface area contributed by atoms with Gasteiger partial charge in [0.15, 0.2) is 5.82 Å². The predicted octanol–water partition coefficient (Wildman–Crippen LogP) is 4.16. The number of benzene rings is 2. The maximum Gasteiger partial charge on any atom is 0.223 e. The molecule has 0 aliphatic heterocycles. The molecule has 7 heteroatoms. The molecule has 2 aromatic heterocycles. The molecule has 0 aliphatic rings. The lowest BCUT2D eigenvalue weighted by Crippen LogP contribution is -2.08. The lowest BCUT2D eigenvalue weighted by molar-refractivity contribution is 0.388. The molecule has 5 nitrogen and oxygen atoms in total. The van der Waals surface area contributed by atoms with Crippen molar-refractivity contribution in [1.29, 1.82) is 0 Å². The van der Waals surface area contributed by atoms with Crippen LogP contribution in [0.5, 0.6) is 0 Å². The highest BCUT2D eigenvalue weighted by Gasteiger charge is 2.16. The zero-order chi connectivity index (χ0) is 17.4. The Hall–Kier alpha value is -2.73. The van der Waals surface area contributed by atoms with Crippen molar-refractivity contribution in [3.63, 3.8) is 0 Å². The SMILES string of the molecule is Cc1nc(Cc2nc3ccccc3n2Cc2c(F)cccc2Cl)no1. The number of para-hydroxylation sites is 2. The second-order valence-electron chi connectivity index (χ2n) is 5.71. The molecule has 4 rings (SSSR count). The number of aromatic nitrogens is 4. The minimum atomic E-state index is -0.341.